The fraction of sp³-hybridized carbons (Fsp3) is 0.318. The zero-order chi connectivity index (χ0) is 23.2. The van der Waals surface area contributed by atoms with Crippen LogP contribution in [0.2, 0.25) is 0 Å². The smallest absolute Gasteiger partial charge is 0.261 e. The summed E-state index contributed by atoms with van der Waals surface area (Å²) in [5, 5.41) is 12.9. The van der Waals surface area contributed by atoms with Gasteiger partial charge >= 0.3 is 0 Å². The molecule has 0 radical (unpaired) electrons. The monoisotopic (exact) mass is 457 g/mol. The van der Waals surface area contributed by atoms with E-state index in [9.17, 15) is 27.9 Å². The fourth-order valence-corrected chi connectivity index (χ4v) is 4.99. The van der Waals surface area contributed by atoms with Gasteiger partial charge in [0.15, 0.2) is 6.23 Å². The molecule has 10 heteroatoms. The molecule has 2 atom stereocenters. The summed E-state index contributed by atoms with van der Waals surface area (Å²) in [4.78, 5) is 37.5. The van der Waals surface area contributed by atoms with Gasteiger partial charge < -0.3 is 5.11 Å². The van der Waals surface area contributed by atoms with Crippen LogP contribution in [0.3, 0.4) is 0 Å². The predicted octanol–water partition coefficient (Wildman–Crippen LogP) is 1.86. The van der Waals surface area contributed by atoms with Crippen molar-refractivity contribution in [3.63, 3.8) is 0 Å². The molecule has 4 rings (SSSR count). The SMILES string of the molecule is CC(C)c1ccc(S(=O)(=O)Nc2ccc3c(c2)C(O)N(C2CCC(=O)NC2=O)C3=O)cc1. The first-order valence-electron chi connectivity index (χ1n) is 10.2. The summed E-state index contributed by atoms with van der Waals surface area (Å²) in [5.74, 6) is -1.36. The highest BCUT2D eigenvalue weighted by Gasteiger charge is 2.44. The second-order valence-corrected chi connectivity index (χ2v) is 9.87. The molecule has 2 unspecified atom stereocenters. The minimum absolute atomic E-state index is 0.0594. The standard InChI is InChI=1S/C22H23N3O6S/c1-12(2)13-3-6-15(7-4-13)32(30,31)24-14-5-8-16-17(11-14)22(29)25(21(16)28)18-9-10-19(26)23-20(18)27/h3-8,11-12,18,22,24,29H,9-10H2,1-2H3,(H,23,26,27). The van der Waals surface area contributed by atoms with Gasteiger partial charge in [0, 0.05) is 23.2 Å². The van der Waals surface area contributed by atoms with Gasteiger partial charge in [0.05, 0.1) is 4.90 Å². The summed E-state index contributed by atoms with van der Waals surface area (Å²) in [6, 6.07) is 9.78. The molecule has 0 aliphatic carbocycles. The van der Waals surface area contributed by atoms with E-state index in [1.165, 1.54) is 30.3 Å². The van der Waals surface area contributed by atoms with Crippen molar-refractivity contribution in [3.05, 3.63) is 59.2 Å². The lowest BCUT2D eigenvalue weighted by molar-refractivity contribution is -0.139. The number of imide groups is 1. The predicted molar refractivity (Wildman–Crippen MR) is 115 cm³/mol. The molecule has 3 amide bonds. The Labute approximate surface area is 185 Å². The maximum atomic E-state index is 12.8. The van der Waals surface area contributed by atoms with Gasteiger partial charge in [0.2, 0.25) is 11.8 Å². The average molecular weight is 458 g/mol. The number of rotatable bonds is 5. The Kier molecular flexibility index (Phi) is 5.51. The van der Waals surface area contributed by atoms with Crippen LogP contribution in [0.4, 0.5) is 5.69 Å². The molecule has 0 saturated carbocycles. The number of aliphatic hydroxyl groups is 1. The van der Waals surface area contributed by atoms with Gasteiger partial charge in [-0.3, -0.25) is 29.3 Å². The van der Waals surface area contributed by atoms with Gasteiger partial charge in [-0.15, -0.1) is 0 Å². The van der Waals surface area contributed by atoms with Crippen molar-refractivity contribution in [1.82, 2.24) is 10.2 Å². The van der Waals surface area contributed by atoms with E-state index < -0.39 is 40.0 Å². The lowest BCUT2D eigenvalue weighted by atomic mass is 10.0. The third-order valence-electron chi connectivity index (χ3n) is 5.71. The average Bonchev–Trinajstić information content (AvgIpc) is 2.98. The van der Waals surface area contributed by atoms with Crippen LogP contribution in [0.25, 0.3) is 0 Å². The Morgan fingerprint density at radius 2 is 1.78 bits per heavy atom. The second kappa shape index (κ2) is 8.03. The number of carbonyl (C=O) groups excluding carboxylic acids is 3. The number of anilines is 1. The number of benzene rings is 2. The normalized spacial score (nSPS) is 21.0. The quantitative estimate of drug-likeness (QED) is 0.587. The first-order valence-corrected chi connectivity index (χ1v) is 11.7. The van der Waals surface area contributed by atoms with Crippen LogP contribution in [0.5, 0.6) is 0 Å². The molecule has 0 spiro atoms. The van der Waals surface area contributed by atoms with Crippen LogP contribution in [-0.2, 0) is 19.6 Å². The van der Waals surface area contributed by atoms with E-state index in [2.05, 4.69) is 10.0 Å². The minimum Gasteiger partial charge on any atom is -0.369 e. The molecule has 3 N–H and O–H groups in total. The van der Waals surface area contributed by atoms with Crippen LogP contribution in [0.1, 0.15) is 60.3 Å². The van der Waals surface area contributed by atoms with E-state index in [-0.39, 0.29) is 40.5 Å². The van der Waals surface area contributed by atoms with Gasteiger partial charge in [-0.2, -0.15) is 0 Å². The Hall–Kier alpha value is -3.24. The van der Waals surface area contributed by atoms with Gasteiger partial charge in [-0.05, 0) is 48.2 Å². The first kappa shape index (κ1) is 22.0. The van der Waals surface area contributed by atoms with Crippen LogP contribution in [0.15, 0.2) is 47.4 Å². The molecule has 2 aliphatic rings. The Morgan fingerprint density at radius 1 is 1.09 bits per heavy atom. The number of carbonyl (C=O) groups is 3. The van der Waals surface area contributed by atoms with Crippen molar-refractivity contribution < 1.29 is 27.9 Å². The molecule has 168 valence electrons. The molecule has 1 fully saturated rings. The van der Waals surface area contributed by atoms with Gasteiger partial charge in [-0.1, -0.05) is 26.0 Å². The van der Waals surface area contributed by atoms with E-state index >= 15 is 0 Å². The highest BCUT2D eigenvalue weighted by molar-refractivity contribution is 7.92. The number of aliphatic hydroxyl groups excluding tert-OH is 1. The van der Waals surface area contributed by atoms with E-state index in [4.69, 9.17) is 0 Å². The third-order valence-corrected chi connectivity index (χ3v) is 7.11. The number of sulfonamides is 1. The summed E-state index contributed by atoms with van der Waals surface area (Å²) < 4.78 is 28.0. The van der Waals surface area contributed by atoms with E-state index in [1.807, 2.05) is 13.8 Å². The minimum atomic E-state index is -3.88. The maximum Gasteiger partial charge on any atom is 0.261 e. The zero-order valence-electron chi connectivity index (χ0n) is 17.5. The second-order valence-electron chi connectivity index (χ2n) is 8.18. The molecule has 2 aliphatic heterocycles. The third kappa shape index (κ3) is 3.87. The number of fused-ring (bicyclic) bond motifs is 1. The van der Waals surface area contributed by atoms with Crippen LogP contribution < -0.4 is 10.0 Å². The van der Waals surface area contributed by atoms with Crippen molar-refractivity contribution in [2.24, 2.45) is 0 Å². The molecule has 2 heterocycles. The Morgan fingerprint density at radius 3 is 2.41 bits per heavy atom. The summed E-state index contributed by atoms with van der Waals surface area (Å²) >= 11 is 0. The topological polar surface area (TPSA) is 133 Å². The van der Waals surface area contributed by atoms with Crippen molar-refractivity contribution in [2.45, 2.75) is 49.8 Å². The molecule has 2 aromatic rings. The van der Waals surface area contributed by atoms with E-state index in [0.717, 1.165) is 10.5 Å². The van der Waals surface area contributed by atoms with Crippen molar-refractivity contribution in [1.29, 1.82) is 0 Å². The molecule has 0 aromatic heterocycles. The number of nitrogens with one attached hydrogen (secondary N) is 2. The van der Waals surface area contributed by atoms with E-state index in [1.54, 1.807) is 12.1 Å². The number of hydrogen-bond acceptors (Lipinski definition) is 6. The highest BCUT2D eigenvalue weighted by Crippen LogP contribution is 2.37. The van der Waals surface area contributed by atoms with Crippen molar-refractivity contribution >= 4 is 33.4 Å². The summed E-state index contributed by atoms with van der Waals surface area (Å²) in [5.41, 5.74) is 1.55. The summed E-state index contributed by atoms with van der Waals surface area (Å²) in [7, 11) is -3.88. The van der Waals surface area contributed by atoms with E-state index in [0.29, 0.717) is 0 Å². The Bertz CT molecular complexity index is 1210. The summed E-state index contributed by atoms with van der Waals surface area (Å²) in [6.07, 6.45) is -1.27. The van der Waals surface area contributed by atoms with Gasteiger partial charge in [-0.25, -0.2) is 8.42 Å². The Balaban J connectivity index is 1.58. The number of piperidine rings is 1. The number of amides is 3. The number of hydrogen-bond donors (Lipinski definition) is 3. The van der Waals surface area contributed by atoms with Crippen LogP contribution in [-0.4, -0.2) is 42.2 Å². The highest BCUT2D eigenvalue weighted by atomic mass is 32.2. The van der Waals surface area contributed by atoms with Gasteiger partial charge in [0.25, 0.3) is 15.9 Å². The zero-order valence-corrected chi connectivity index (χ0v) is 18.3. The van der Waals surface area contributed by atoms with Crippen molar-refractivity contribution in [3.8, 4) is 0 Å². The van der Waals surface area contributed by atoms with Crippen LogP contribution >= 0.6 is 0 Å². The molecular formula is C22H23N3O6S. The molecular weight excluding hydrogens is 434 g/mol. The molecule has 1 saturated heterocycles. The maximum absolute atomic E-state index is 12.8. The number of nitrogens with zero attached hydrogens (tertiary/aromatic N) is 1. The first-order chi connectivity index (χ1) is 15.1. The largest absolute Gasteiger partial charge is 0.369 e. The molecule has 32 heavy (non-hydrogen) atoms. The molecule has 9 nitrogen and oxygen atoms in total. The van der Waals surface area contributed by atoms with Crippen molar-refractivity contribution in [2.75, 3.05) is 4.72 Å². The van der Waals surface area contributed by atoms with Gasteiger partial charge in [0.1, 0.15) is 6.04 Å². The lowest BCUT2D eigenvalue weighted by Gasteiger charge is -2.31. The van der Waals surface area contributed by atoms with Crippen LogP contribution in [0, 0.1) is 0 Å². The summed E-state index contributed by atoms with van der Waals surface area (Å²) in [6.45, 7) is 4.02. The molecule has 0 bridgehead atoms. The molecule has 2 aromatic carbocycles. The fourth-order valence-electron chi connectivity index (χ4n) is 3.94. The lowest BCUT2D eigenvalue weighted by Crippen LogP contribution is -2.53.